The predicted octanol–water partition coefficient (Wildman–Crippen LogP) is 3.22. The van der Waals surface area contributed by atoms with Gasteiger partial charge >= 0.3 is 0 Å². The molecule has 2 N–H and O–H groups in total. The van der Waals surface area contributed by atoms with Crippen LogP contribution in [0.25, 0.3) is 10.2 Å². The second kappa shape index (κ2) is 4.29. The molecule has 1 aromatic heterocycles. The lowest BCUT2D eigenvalue weighted by Gasteiger charge is -2.09. The van der Waals surface area contributed by atoms with E-state index in [0.29, 0.717) is 11.0 Å². The first-order chi connectivity index (χ1) is 7.56. The van der Waals surface area contributed by atoms with Crippen LogP contribution in [0.4, 0.5) is 5.13 Å². The number of ether oxygens (including phenoxy) is 1. The van der Waals surface area contributed by atoms with Crippen molar-refractivity contribution in [2.45, 2.75) is 20.8 Å². The van der Waals surface area contributed by atoms with E-state index >= 15 is 0 Å². The molecule has 0 aliphatic rings. The minimum atomic E-state index is 0.530. The highest BCUT2D eigenvalue weighted by molar-refractivity contribution is 7.22. The highest BCUT2D eigenvalue weighted by Crippen LogP contribution is 2.30. The molecule has 0 bridgehead atoms. The number of anilines is 1. The summed E-state index contributed by atoms with van der Waals surface area (Å²) in [5.74, 6) is 1.44. The lowest BCUT2D eigenvalue weighted by atomic mass is 10.2. The molecule has 2 aromatic rings. The van der Waals surface area contributed by atoms with Crippen LogP contribution in [0.5, 0.6) is 5.75 Å². The van der Waals surface area contributed by atoms with Crippen molar-refractivity contribution in [3.05, 3.63) is 17.7 Å². The first kappa shape index (κ1) is 11.2. The number of rotatable bonds is 3. The Kier molecular flexibility index (Phi) is 3.01. The van der Waals surface area contributed by atoms with E-state index in [4.69, 9.17) is 10.5 Å². The maximum Gasteiger partial charge on any atom is 0.181 e. The maximum atomic E-state index is 5.70. The lowest BCUT2D eigenvalue weighted by Crippen LogP contribution is -2.04. The van der Waals surface area contributed by atoms with Gasteiger partial charge in [-0.25, -0.2) is 4.98 Å². The topological polar surface area (TPSA) is 48.1 Å². The average Bonchev–Trinajstić information content (AvgIpc) is 2.56. The van der Waals surface area contributed by atoms with Crippen LogP contribution in [0.3, 0.4) is 0 Å². The minimum absolute atomic E-state index is 0.530. The van der Waals surface area contributed by atoms with Crippen LogP contribution in [0.15, 0.2) is 12.1 Å². The van der Waals surface area contributed by atoms with Gasteiger partial charge in [0.05, 0.1) is 16.8 Å². The minimum Gasteiger partial charge on any atom is -0.493 e. The SMILES string of the molecule is Cc1cc(OCC(C)C)cc2sc(N)nc12. The number of nitrogen functional groups attached to an aromatic ring is 1. The molecule has 1 heterocycles. The molecular weight excluding hydrogens is 220 g/mol. The fourth-order valence-corrected chi connectivity index (χ4v) is 2.37. The zero-order valence-electron chi connectivity index (χ0n) is 9.78. The molecular formula is C12H16N2OS. The molecule has 0 saturated heterocycles. The highest BCUT2D eigenvalue weighted by Gasteiger charge is 2.07. The van der Waals surface area contributed by atoms with E-state index in [2.05, 4.69) is 18.8 Å². The number of hydrogen-bond donors (Lipinski definition) is 1. The molecule has 0 amide bonds. The van der Waals surface area contributed by atoms with Crippen LogP contribution in [0.1, 0.15) is 19.4 Å². The summed E-state index contributed by atoms with van der Waals surface area (Å²) in [5, 5.41) is 0.610. The Hall–Kier alpha value is -1.29. The third-order valence-corrected chi connectivity index (χ3v) is 3.09. The van der Waals surface area contributed by atoms with Gasteiger partial charge < -0.3 is 10.5 Å². The smallest absolute Gasteiger partial charge is 0.181 e. The Bertz CT molecular complexity index is 505. The Balaban J connectivity index is 2.33. The summed E-state index contributed by atoms with van der Waals surface area (Å²) in [4.78, 5) is 4.29. The van der Waals surface area contributed by atoms with Crippen molar-refractivity contribution in [1.82, 2.24) is 4.98 Å². The second-order valence-corrected chi connectivity index (χ2v) is 5.41. The Morgan fingerprint density at radius 1 is 1.44 bits per heavy atom. The predicted molar refractivity (Wildman–Crippen MR) is 69.1 cm³/mol. The van der Waals surface area contributed by atoms with Crippen molar-refractivity contribution in [2.24, 2.45) is 5.92 Å². The largest absolute Gasteiger partial charge is 0.493 e. The van der Waals surface area contributed by atoms with Crippen LogP contribution in [-0.4, -0.2) is 11.6 Å². The lowest BCUT2D eigenvalue weighted by molar-refractivity contribution is 0.271. The van der Waals surface area contributed by atoms with E-state index in [1.54, 1.807) is 0 Å². The molecule has 86 valence electrons. The molecule has 0 unspecified atom stereocenters. The van der Waals surface area contributed by atoms with Crippen LogP contribution >= 0.6 is 11.3 Å². The van der Waals surface area contributed by atoms with Crippen molar-refractivity contribution >= 4 is 26.7 Å². The van der Waals surface area contributed by atoms with E-state index < -0.39 is 0 Å². The Morgan fingerprint density at radius 3 is 2.88 bits per heavy atom. The first-order valence-electron chi connectivity index (χ1n) is 5.35. The molecule has 0 spiro atoms. The molecule has 1 aromatic carbocycles. The third kappa shape index (κ3) is 2.27. The summed E-state index contributed by atoms with van der Waals surface area (Å²) in [6.07, 6.45) is 0. The molecule has 16 heavy (non-hydrogen) atoms. The normalized spacial score (nSPS) is 11.2. The van der Waals surface area contributed by atoms with Gasteiger partial charge in [-0.1, -0.05) is 25.2 Å². The summed E-state index contributed by atoms with van der Waals surface area (Å²) in [5.41, 5.74) is 7.80. The Morgan fingerprint density at radius 2 is 2.19 bits per heavy atom. The van der Waals surface area contributed by atoms with Gasteiger partial charge in [0.2, 0.25) is 0 Å². The summed E-state index contributed by atoms with van der Waals surface area (Å²) in [6, 6.07) is 4.03. The van der Waals surface area contributed by atoms with Gasteiger partial charge in [-0.2, -0.15) is 0 Å². The summed E-state index contributed by atoms with van der Waals surface area (Å²) >= 11 is 1.50. The van der Waals surface area contributed by atoms with E-state index in [0.717, 1.165) is 28.1 Å². The molecule has 0 saturated carbocycles. The van der Waals surface area contributed by atoms with Crippen molar-refractivity contribution in [2.75, 3.05) is 12.3 Å². The number of nitrogens with two attached hydrogens (primary N) is 1. The molecule has 0 atom stereocenters. The highest BCUT2D eigenvalue weighted by atomic mass is 32.1. The van der Waals surface area contributed by atoms with Crippen LogP contribution in [0.2, 0.25) is 0 Å². The number of hydrogen-bond acceptors (Lipinski definition) is 4. The van der Waals surface area contributed by atoms with Crippen molar-refractivity contribution in [3.63, 3.8) is 0 Å². The van der Waals surface area contributed by atoms with Gasteiger partial charge in [0, 0.05) is 0 Å². The zero-order valence-corrected chi connectivity index (χ0v) is 10.6. The van der Waals surface area contributed by atoms with Gasteiger partial charge in [-0.15, -0.1) is 0 Å². The second-order valence-electron chi connectivity index (χ2n) is 4.34. The number of aryl methyl sites for hydroxylation is 1. The third-order valence-electron chi connectivity index (χ3n) is 2.26. The van der Waals surface area contributed by atoms with E-state index in [1.807, 2.05) is 19.1 Å². The van der Waals surface area contributed by atoms with Crippen molar-refractivity contribution in [3.8, 4) is 5.75 Å². The standard InChI is InChI=1S/C12H16N2OS/c1-7(2)6-15-9-4-8(3)11-10(5-9)16-12(13)14-11/h4-5,7H,6H2,1-3H3,(H2,13,14). The molecule has 4 heteroatoms. The van der Waals surface area contributed by atoms with Crippen molar-refractivity contribution in [1.29, 1.82) is 0 Å². The van der Waals surface area contributed by atoms with E-state index in [9.17, 15) is 0 Å². The van der Waals surface area contributed by atoms with Gasteiger partial charge in [-0.3, -0.25) is 0 Å². The molecule has 0 fully saturated rings. The summed E-state index contributed by atoms with van der Waals surface area (Å²) < 4.78 is 6.80. The molecule has 0 aliphatic carbocycles. The molecule has 2 rings (SSSR count). The van der Waals surface area contributed by atoms with Crippen LogP contribution in [-0.2, 0) is 0 Å². The summed E-state index contributed by atoms with van der Waals surface area (Å²) in [6.45, 7) is 7.04. The fraction of sp³-hybridized carbons (Fsp3) is 0.417. The zero-order chi connectivity index (χ0) is 11.7. The van der Waals surface area contributed by atoms with Crippen molar-refractivity contribution < 1.29 is 4.74 Å². The average molecular weight is 236 g/mol. The number of aromatic nitrogens is 1. The monoisotopic (exact) mass is 236 g/mol. The van der Waals surface area contributed by atoms with Gasteiger partial charge in [0.15, 0.2) is 5.13 Å². The number of thiazole rings is 1. The van der Waals surface area contributed by atoms with Gasteiger partial charge in [0.1, 0.15) is 5.75 Å². The Labute approximate surface area is 99.3 Å². The molecule has 0 radical (unpaired) electrons. The maximum absolute atomic E-state index is 5.70. The number of nitrogens with zero attached hydrogens (tertiary/aromatic N) is 1. The van der Waals surface area contributed by atoms with Crippen LogP contribution < -0.4 is 10.5 Å². The van der Waals surface area contributed by atoms with Gasteiger partial charge in [0.25, 0.3) is 0 Å². The van der Waals surface area contributed by atoms with E-state index in [-0.39, 0.29) is 0 Å². The fourth-order valence-electron chi connectivity index (χ4n) is 1.53. The van der Waals surface area contributed by atoms with E-state index in [1.165, 1.54) is 11.3 Å². The first-order valence-corrected chi connectivity index (χ1v) is 6.17. The number of benzene rings is 1. The molecule has 0 aliphatic heterocycles. The number of fused-ring (bicyclic) bond motifs is 1. The van der Waals surface area contributed by atoms with Crippen LogP contribution in [0, 0.1) is 12.8 Å². The quantitative estimate of drug-likeness (QED) is 0.890. The molecule has 3 nitrogen and oxygen atoms in total. The van der Waals surface area contributed by atoms with Gasteiger partial charge in [-0.05, 0) is 30.5 Å². The summed E-state index contributed by atoms with van der Waals surface area (Å²) in [7, 11) is 0.